The topological polar surface area (TPSA) is 110 Å². The number of H-pyrrole nitrogens is 1. The average molecular weight is 267 g/mol. The van der Waals surface area contributed by atoms with E-state index < -0.39 is 0 Å². The maximum absolute atomic E-state index is 12.1. The van der Waals surface area contributed by atoms with E-state index in [1.54, 1.807) is 24.4 Å². The number of hydrogen-bond donors (Lipinski definition) is 4. The summed E-state index contributed by atoms with van der Waals surface area (Å²) in [6, 6.07) is 10.3. The van der Waals surface area contributed by atoms with E-state index in [9.17, 15) is 4.79 Å². The second kappa shape index (κ2) is 4.58. The molecule has 1 aromatic heterocycles. The summed E-state index contributed by atoms with van der Waals surface area (Å²) < 4.78 is 0. The number of fused-ring (bicyclic) bond motifs is 1. The molecule has 0 fully saturated rings. The number of aromatic amines is 1. The predicted molar refractivity (Wildman–Crippen MR) is 79.3 cm³/mol. The van der Waals surface area contributed by atoms with Gasteiger partial charge in [-0.25, -0.2) is 0 Å². The average Bonchev–Trinajstić information content (AvgIpc) is 2.89. The van der Waals surface area contributed by atoms with Crippen LogP contribution < -0.4 is 16.8 Å². The first kappa shape index (κ1) is 12.0. The summed E-state index contributed by atoms with van der Waals surface area (Å²) in [7, 11) is 0. The molecule has 20 heavy (non-hydrogen) atoms. The van der Waals surface area contributed by atoms with E-state index in [-0.39, 0.29) is 5.91 Å². The summed E-state index contributed by atoms with van der Waals surface area (Å²) >= 11 is 0. The molecule has 0 spiro atoms. The fourth-order valence-electron chi connectivity index (χ4n) is 1.93. The number of rotatable bonds is 2. The summed E-state index contributed by atoms with van der Waals surface area (Å²) in [6.07, 6.45) is 1.72. The molecule has 3 rings (SSSR count). The largest absolute Gasteiger partial charge is 0.397 e. The second-order valence-electron chi connectivity index (χ2n) is 4.47. The van der Waals surface area contributed by atoms with E-state index in [4.69, 9.17) is 11.5 Å². The minimum Gasteiger partial charge on any atom is -0.397 e. The third-order valence-electron chi connectivity index (χ3n) is 3.05. The van der Waals surface area contributed by atoms with Crippen molar-refractivity contribution in [2.24, 2.45) is 0 Å². The Morgan fingerprint density at radius 1 is 1.10 bits per heavy atom. The Morgan fingerprint density at radius 3 is 2.75 bits per heavy atom. The van der Waals surface area contributed by atoms with Gasteiger partial charge in [-0.3, -0.25) is 9.89 Å². The van der Waals surface area contributed by atoms with Crippen molar-refractivity contribution in [2.75, 3.05) is 16.8 Å². The van der Waals surface area contributed by atoms with E-state index in [0.717, 1.165) is 10.9 Å². The van der Waals surface area contributed by atoms with Gasteiger partial charge < -0.3 is 16.8 Å². The van der Waals surface area contributed by atoms with Crippen LogP contribution >= 0.6 is 0 Å². The van der Waals surface area contributed by atoms with Gasteiger partial charge >= 0.3 is 0 Å². The number of nitrogens with two attached hydrogens (primary N) is 2. The summed E-state index contributed by atoms with van der Waals surface area (Å²) in [5.41, 5.74) is 14.2. The number of nitrogens with one attached hydrogen (secondary N) is 2. The van der Waals surface area contributed by atoms with Crippen molar-refractivity contribution in [3.05, 3.63) is 48.2 Å². The summed E-state index contributed by atoms with van der Waals surface area (Å²) in [5, 5.41) is 10.6. The minimum absolute atomic E-state index is 0.240. The van der Waals surface area contributed by atoms with Crippen molar-refractivity contribution >= 4 is 33.9 Å². The Kier molecular flexibility index (Phi) is 2.76. The van der Waals surface area contributed by atoms with E-state index in [1.807, 2.05) is 18.2 Å². The van der Waals surface area contributed by atoms with Crippen LogP contribution in [-0.4, -0.2) is 16.1 Å². The number of anilines is 3. The smallest absolute Gasteiger partial charge is 0.255 e. The van der Waals surface area contributed by atoms with Gasteiger partial charge in [-0.1, -0.05) is 0 Å². The number of hydrogen-bond acceptors (Lipinski definition) is 4. The van der Waals surface area contributed by atoms with Crippen LogP contribution in [0, 0.1) is 0 Å². The van der Waals surface area contributed by atoms with Crippen LogP contribution in [0.1, 0.15) is 10.4 Å². The molecule has 6 N–H and O–H groups in total. The number of carbonyl (C=O) groups is 1. The van der Waals surface area contributed by atoms with Crippen molar-refractivity contribution in [3.63, 3.8) is 0 Å². The monoisotopic (exact) mass is 267 g/mol. The lowest BCUT2D eigenvalue weighted by Gasteiger charge is -2.07. The van der Waals surface area contributed by atoms with Gasteiger partial charge in [0.15, 0.2) is 0 Å². The zero-order valence-electron chi connectivity index (χ0n) is 10.6. The van der Waals surface area contributed by atoms with Crippen LogP contribution in [-0.2, 0) is 0 Å². The predicted octanol–water partition coefficient (Wildman–Crippen LogP) is 1.98. The first-order valence-corrected chi connectivity index (χ1v) is 6.03. The molecule has 0 radical (unpaired) electrons. The van der Waals surface area contributed by atoms with Gasteiger partial charge in [0, 0.05) is 16.6 Å². The molecule has 2 aromatic carbocycles. The summed E-state index contributed by atoms with van der Waals surface area (Å²) in [5.74, 6) is -0.240. The molecule has 0 atom stereocenters. The van der Waals surface area contributed by atoms with Crippen LogP contribution in [0.3, 0.4) is 0 Å². The van der Waals surface area contributed by atoms with Crippen molar-refractivity contribution in [1.82, 2.24) is 10.2 Å². The fraction of sp³-hybridized carbons (Fsp3) is 0. The third kappa shape index (κ3) is 2.14. The molecule has 0 aliphatic rings. The Hall–Kier alpha value is -3.02. The highest BCUT2D eigenvalue weighted by Crippen LogP contribution is 2.19. The van der Waals surface area contributed by atoms with Gasteiger partial charge in [0.1, 0.15) is 0 Å². The number of amides is 1. The van der Waals surface area contributed by atoms with Crippen molar-refractivity contribution in [1.29, 1.82) is 0 Å². The van der Waals surface area contributed by atoms with Crippen LogP contribution in [0.2, 0.25) is 0 Å². The van der Waals surface area contributed by atoms with E-state index in [0.29, 0.717) is 22.6 Å². The molecule has 0 unspecified atom stereocenters. The van der Waals surface area contributed by atoms with Crippen LogP contribution in [0.5, 0.6) is 0 Å². The molecule has 6 nitrogen and oxygen atoms in total. The Balaban J connectivity index is 1.85. The standard InChI is InChI=1S/C14H13N5O/c15-11-4-2-8(5-12(11)16)14(20)18-10-3-1-9-7-17-19-13(9)6-10/h1-7H,15-16H2,(H,17,19)(H,18,20). The Bertz CT molecular complexity index is 793. The number of nitrogens with zero attached hydrogens (tertiary/aromatic N) is 1. The molecular weight excluding hydrogens is 254 g/mol. The normalized spacial score (nSPS) is 10.6. The van der Waals surface area contributed by atoms with Gasteiger partial charge in [-0.2, -0.15) is 5.10 Å². The second-order valence-corrected chi connectivity index (χ2v) is 4.47. The van der Waals surface area contributed by atoms with Crippen molar-refractivity contribution in [2.45, 2.75) is 0 Å². The van der Waals surface area contributed by atoms with E-state index in [1.165, 1.54) is 0 Å². The lowest BCUT2D eigenvalue weighted by Crippen LogP contribution is -2.12. The summed E-state index contributed by atoms with van der Waals surface area (Å²) in [6.45, 7) is 0. The van der Waals surface area contributed by atoms with Crippen molar-refractivity contribution < 1.29 is 4.79 Å². The molecule has 3 aromatic rings. The van der Waals surface area contributed by atoms with Gasteiger partial charge in [-0.05, 0) is 36.4 Å². The number of aromatic nitrogens is 2. The van der Waals surface area contributed by atoms with Crippen molar-refractivity contribution in [3.8, 4) is 0 Å². The zero-order chi connectivity index (χ0) is 14.1. The maximum Gasteiger partial charge on any atom is 0.255 e. The molecule has 0 saturated heterocycles. The van der Waals surface area contributed by atoms with Gasteiger partial charge in [0.05, 0.1) is 23.1 Å². The quantitative estimate of drug-likeness (QED) is 0.532. The fourth-order valence-corrected chi connectivity index (χ4v) is 1.93. The zero-order valence-corrected chi connectivity index (χ0v) is 10.6. The van der Waals surface area contributed by atoms with Gasteiger partial charge in [-0.15, -0.1) is 0 Å². The minimum atomic E-state index is -0.240. The van der Waals surface area contributed by atoms with E-state index in [2.05, 4.69) is 15.5 Å². The Morgan fingerprint density at radius 2 is 1.95 bits per heavy atom. The maximum atomic E-state index is 12.1. The molecular formula is C14H13N5O. The van der Waals surface area contributed by atoms with Crippen LogP contribution in [0.25, 0.3) is 10.9 Å². The number of benzene rings is 2. The highest BCUT2D eigenvalue weighted by atomic mass is 16.1. The SMILES string of the molecule is Nc1ccc(C(=O)Nc2ccc3cn[nH]c3c2)cc1N. The van der Waals surface area contributed by atoms with E-state index >= 15 is 0 Å². The van der Waals surface area contributed by atoms with Crippen LogP contribution in [0.4, 0.5) is 17.1 Å². The number of nitrogen functional groups attached to an aromatic ring is 2. The summed E-state index contributed by atoms with van der Waals surface area (Å²) in [4.78, 5) is 12.1. The lowest BCUT2D eigenvalue weighted by atomic mass is 10.1. The molecule has 1 amide bonds. The van der Waals surface area contributed by atoms with Gasteiger partial charge in [0.25, 0.3) is 5.91 Å². The van der Waals surface area contributed by atoms with Gasteiger partial charge in [0.2, 0.25) is 0 Å². The highest BCUT2D eigenvalue weighted by Gasteiger charge is 2.08. The Labute approximate surface area is 114 Å². The number of carbonyl (C=O) groups excluding carboxylic acids is 1. The first-order chi connectivity index (χ1) is 9.63. The molecule has 1 heterocycles. The highest BCUT2D eigenvalue weighted by molar-refractivity contribution is 6.05. The molecule has 100 valence electrons. The molecule has 0 aliphatic carbocycles. The first-order valence-electron chi connectivity index (χ1n) is 6.03. The molecule has 0 bridgehead atoms. The molecule has 6 heteroatoms. The third-order valence-corrected chi connectivity index (χ3v) is 3.05. The lowest BCUT2D eigenvalue weighted by molar-refractivity contribution is 0.102. The molecule has 0 saturated carbocycles. The molecule has 0 aliphatic heterocycles. The van der Waals surface area contributed by atoms with Crippen LogP contribution in [0.15, 0.2) is 42.6 Å².